The van der Waals surface area contributed by atoms with E-state index >= 15 is 0 Å². The zero-order valence-corrected chi connectivity index (χ0v) is 20.8. The number of aliphatic hydroxyl groups excluding tert-OH is 1. The first kappa shape index (κ1) is 26.3. The summed E-state index contributed by atoms with van der Waals surface area (Å²) in [4.78, 5) is 12.2. The van der Waals surface area contributed by atoms with Crippen molar-refractivity contribution in [2.75, 3.05) is 16.4 Å². The van der Waals surface area contributed by atoms with E-state index in [0.717, 1.165) is 5.56 Å². The molecule has 0 spiro atoms. The summed E-state index contributed by atoms with van der Waals surface area (Å²) in [6.07, 6.45) is 0. The van der Waals surface area contributed by atoms with E-state index in [0.29, 0.717) is 22.2 Å². The summed E-state index contributed by atoms with van der Waals surface area (Å²) in [5.41, 5.74) is 10.1. The standard InChI is InChI=1S/C22H19F2N5O2.C7H8/c1-11-2-7-16(23)17(8-11)27-22(31)26-14-5-3-12(4-6-14)15-9-13(10-30)19(24)20-18(15)21(25)29-28-20;1-7-5-3-2-4-6-7/h2-9,30H,10H2,1H3,(H3,25,28,29)(H2,26,27,31);2-6H,1H3. The number of nitrogens with two attached hydrogens (primary N) is 1. The molecule has 0 bridgehead atoms. The Hall–Kier alpha value is -4.76. The van der Waals surface area contributed by atoms with Crippen LogP contribution in [0.4, 0.5) is 30.8 Å². The number of nitrogens with zero attached hydrogens (tertiary/aromatic N) is 1. The average Bonchev–Trinajstić information content (AvgIpc) is 3.30. The molecule has 0 radical (unpaired) electrons. The van der Waals surface area contributed by atoms with Gasteiger partial charge in [0.1, 0.15) is 11.3 Å². The first-order valence-electron chi connectivity index (χ1n) is 11.8. The van der Waals surface area contributed by atoms with Crippen LogP contribution < -0.4 is 16.4 Å². The molecule has 4 aromatic carbocycles. The Bertz CT molecular complexity index is 1570. The van der Waals surface area contributed by atoms with Crippen LogP contribution in [0.15, 0.2) is 78.9 Å². The zero-order valence-electron chi connectivity index (χ0n) is 20.8. The monoisotopic (exact) mass is 515 g/mol. The fourth-order valence-electron chi connectivity index (χ4n) is 3.89. The highest BCUT2D eigenvalue weighted by Crippen LogP contribution is 2.35. The molecule has 6 N–H and O–H groups in total. The molecule has 7 nitrogen and oxygen atoms in total. The number of hydrogen-bond donors (Lipinski definition) is 5. The van der Waals surface area contributed by atoms with Crippen LogP contribution in [-0.4, -0.2) is 21.3 Å². The molecule has 194 valence electrons. The Morgan fingerprint density at radius 2 is 1.66 bits per heavy atom. The smallest absolute Gasteiger partial charge is 0.323 e. The van der Waals surface area contributed by atoms with E-state index in [1.165, 1.54) is 23.8 Å². The quantitative estimate of drug-likeness (QED) is 0.187. The van der Waals surface area contributed by atoms with Crippen molar-refractivity contribution in [3.05, 3.63) is 107 Å². The molecule has 1 aromatic heterocycles. The number of carbonyl (C=O) groups is 1. The molecule has 0 aliphatic carbocycles. The van der Waals surface area contributed by atoms with E-state index in [1.54, 1.807) is 37.3 Å². The SMILES string of the molecule is Cc1ccc(F)c(NC(=O)Nc2ccc(-c3cc(CO)c(F)c4[nH]nc(N)c34)cc2)c1.Cc1ccccc1. The van der Waals surface area contributed by atoms with Crippen molar-refractivity contribution in [3.63, 3.8) is 0 Å². The number of nitrogens with one attached hydrogen (secondary N) is 3. The molecule has 0 aliphatic heterocycles. The summed E-state index contributed by atoms with van der Waals surface area (Å²) in [7, 11) is 0. The van der Waals surface area contributed by atoms with Crippen LogP contribution in [0, 0.1) is 25.5 Å². The highest BCUT2D eigenvalue weighted by molar-refractivity contribution is 6.03. The lowest BCUT2D eigenvalue weighted by atomic mass is 9.98. The minimum atomic E-state index is -0.608. The van der Waals surface area contributed by atoms with Gasteiger partial charge in [-0.1, -0.05) is 54.1 Å². The Morgan fingerprint density at radius 1 is 0.947 bits per heavy atom. The third kappa shape index (κ3) is 5.96. The van der Waals surface area contributed by atoms with E-state index in [1.807, 2.05) is 18.2 Å². The minimum Gasteiger partial charge on any atom is -0.392 e. The van der Waals surface area contributed by atoms with Crippen LogP contribution >= 0.6 is 0 Å². The number of amides is 2. The van der Waals surface area contributed by atoms with Crippen molar-refractivity contribution < 1.29 is 18.7 Å². The second-order valence-corrected chi connectivity index (χ2v) is 8.71. The average molecular weight is 516 g/mol. The van der Waals surface area contributed by atoms with Gasteiger partial charge in [0.25, 0.3) is 0 Å². The molecular weight excluding hydrogens is 488 g/mol. The number of nitrogen functional groups attached to an aromatic ring is 1. The van der Waals surface area contributed by atoms with Crippen LogP contribution in [0.1, 0.15) is 16.7 Å². The normalized spacial score (nSPS) is 10.6. The first-order valence-corrected chi connectivity index (χ1v) is 11.8. The maximum atomic E-state index is 14.5. The second kappa shape index (κ2) is 11.5. The van der Waals surface area contributed by atoms with Gasteiger partial charge >= 0.3 is 6.03 Å². The van der Waals surface area contributed by atoms with Gasteiger partial charge in [-0.15, -0.1) is 0 Å². The molecule has 0 aliphatic rings. The van der Waals surface area contributed by atoms with Crippen molar-refractivity contribution in [1.82, 2.24) is 10.2 Å². The summed E-state index contributed by atoms with van der Waals surface area (Å²) in [5, 5.41) is 21.4. The van der Waals surface area contributed by atoms with Gasteiger partial charge in [-0.2, -0.15) is 5.10 Å². The van der Waals surface area contributed by atoms with Gasteiger partial charge in [-0.3, -0.25) is 5.10 Å². The Morgan fingerprint density at radius 3 is 2.29 bits per heavy atom. The third-order valence-corrected chi connectivity index (χ3v) is 5.82. The van der Waals surface area contributed by atoms with Crippen LogP contribution in [0.2, 0.25) is 0 Å². The highest BCUT2D eigenvalue weighted by atomic mass is 19.1. The summed E-state index contributed by atoms with van der Waals surface area (Å²) in [6.45, 7) is 3.39. The number of aromatic nitrogens is 2. The number of aryl methyl sites for hydroxylation is 2. The molecule has 2 amide bonds. The van der Waals surface area contributed by atoms with Crippen LogP contribution in [0.25, 0.3) is 22.0 Å². The lowest BCUT2D eigenvalue weighted by Crippen LogP contribution is -2.20. The molecule has 5 aromatic rings. The van der Waals surface area contributed by atoms with E-state index in [-0.39, 0.29) is 22.6 Å². The van der Waals surface area contributed by atoms with Gasteiger partial charge in [0, 0.05) is 11.3 Å². The summed E-state index contributed by atoms with van der Waals surface area (Å²) in [6, 6.07) is 22.3. The predicted octanol–water partition coefficient (Wildman–Crippen LogP) is 6.53. The fourth-order valence-corrected chi connectivity index (χ4v) is 3.89. The first-order chi connectivity index (χ1) is 18.3. The maximum Gasteiger partial charge on any atom is 0.323 e. The second-order valence-electron chi connectivity index (χ2n) is 8.71. The molecule has 0 fully saturated rings. The lowest BCUT2D eigenvalue weighted by molar-refractivity contribution is 0.262. The van der Waals surface area contributed by atoms with E-state index in [9.17, 15) is 18.7 Å². The number of carbonyl (C=O) groups excluding carboxylic acids is 1. The maximum absolute atomic E-state index is 14.5. The zero-order chi connectivity index (χ0) is 27.2. The number of rotatable bonds is 4. The molecule has 1 heterocycles. The topological polar surface area (TPSA) is 116 Å². The number of fused-ring (bicyclic) bond motifs is 1. The number of halogens is 2. The number of H-pyrrole nitrogens is 1. The van der Waals surface area contributed by atoms with E-state index < -0.39 is 24.3 Å². The Balaban J connectivity index is 0.000000417. The molecule has 5 rings (SSSR count). The van der Waals surface area contributed by atoms with Crippen molar-refractivity contribution in [1.29, 1.82) is 0 Å². The summed E-state index contributed by atoms with van der Waals surface area (Å²) in [5.74, 6) is -1.01. The third-order valence-electron chi connectivity index (χ3n) is 5.82. The molecular formula is C29H27F2N5O2. The number of anilines is 3. The lowest BCUT2D eigenvalue weighted by Gasteiger charge is -2.11. The van der Waals surface area contributed by atoms with Crippen molar-refractivity contribution in [3.8, 4) is 11.1 Å². The highest BCUT2D eigenvalue weighted by Gasteiger charge is 2.18. The number of urea groups is 1. The van der Waals surface area contributed by atoms with Gasteiger partial charge in [0.15, 0.2) is 11.6 Å². The largest absolute Gasteiger partial charge is 0.392 e. The number of aliphatic hydroxyl groups is 1. The minimum absolute atomic E-state index is 0.0785. The van der Waals surface area contributed by atoms with Gasteiger partial charge in [-0.05, 0) is 60.9 Å². The molecule has 0 unspecified atom stereocenters. The van der Waals surface area contributed by atoms with Crippen molar-refractivity contribution in [2.45, 2.75) is 20.5 Å². The number of benzene rings is 4. The van der Waals surface area contributed by atoms with Crippen LogP contribution in [-0.2, 0) is 6.61 Å². The predicted molar refractivity (Wildman–Crippen MR) is 147 cm³/mol. The fraction of sp³-hybridized carbons (Fsp3) is 0.103. The molecule has 9 heteroatoms. The molecule has 0 saturated carbocycles. The van der Waals surface area contributed by atoms with Gasteiger partial charge in [0.2, 0.25) is 0 Å². The molecule has 38 heavy (non-hydrogen) atoms. The van der Waals surface area contributed by atoms with Gasteiger partial charge in [0.05, 0.1) is 17.7 Å². The van der Waals surface area contributed by atoms with Crippen LogP contribution in [0.3, 0.4) is 0 Å². The number of hydrogen-bond acceptors (Lipinski definition) is 4. The summed E-state index contributed by atoms with van der Waals surface area (Å²) < 4.78 is 28.3. The molecule has 0 saturated heterocycles. The molecule has 0 atom stereocenters. The van der Waals surface area contributed by atoms with E-state index in [4.69, 9.17) is 5.73 Å². The number of aromatic amines is 1. The van der Waals surface area contributed by atoms with E-state index in [2.05, 4.69) is 39.9 Å². The van der Waals surface area contributed by atoms with Crippen molar-refractivity contribution in [2.24, 2.45) is 0 Å². The van der Waals surface area contributed by atoms with Crippen molar-refractivity contribution >= 4 is 34.1 Å². The van der Waals surface area contributed by atoms with Gasteiger partial charge < -0.3 is 21.5 Å². The Labute approximate surface area is 218 Å². The Kier molecular flexibility index (Phi) is 7.98. The van der Waals surface area contributed by atoms with Gasteiger partial charge in [-0.25, -0.2) is 13.6 Å². The summed E-state index contributed by atoms with van der Waals surface area (Å²) >= 11 is 0. The van der Waals surface area contributed by atoms with Crippen LogP contribution in [0.5, 0.6) is 0 Å².